The summed E-state index contributed by atoms with van der Waals surface area (Å²) < 4.78 is 26.1. The van der Waals surface area contributed by atoms with Crippen LogP contribution >= 0.6 is 35.3 Å². The lowest BCUT2D eigenvalue weighted by molar-refractivity contribution is 0.519. The van der Waals surface area contributed by atoms with E-state index in [0.717, 1.165) is 13.0 Å². The fourth-order valence-corrected chi connectivity index (χ4v) is 4.08. The Bertz CT molecular complexity index is 806. The molecule has 26 heavy (non-hydrogen) atoms. The minimum absolute atomic E-state index is 0. The molecular formula is C17H25IN4O2S2. The fourth-order valence-electron chi connectivity index (χ4n) is 2.26. The van der Waals surface area contributed by atoms with E-state index in [1.807, 2.05) is 18.2 Å². The summed E-state index contributed by atoms with van der Waals surface area (Å²) in [5, 5.41) is 8.48. The molecule has 1 aromatic heterocycles. The van der Waals surface area contributed by atoms with E-state index in [4.69, 9.17) is 0 Å². The van der Waals surface area contributed by atoms with E-state index >= 15 is 0 Å². The Kier molecular flexibility index (Phi) is 9.55. The number of nitrogens with zero attached hydrogens (tertiary/aromatic N) is 2. The van der Waals surface area contributed by atoms with E-state index in [9.17, 15) is 8.42 Å². The van der Waals surface area contributed by atoms with E-state index in [0.29, 0.717) is 23.0 Å². The van der Waals surface area contributed by atoms with Crippen molar-refractivity contribution in [3.63, 3.8) is 0 Å². The van der Waals surface area contributed by atoms with Crippen molar-refractivity contribution in [3.8, 4) is 0 Å². The van der Waals surface area contributed by atoms with Crippen molar-refractivity contribution >= 4 is 51.3 Å². The third kappa shape index (κ3) is 6.22. The molecule has 6 nitrogen and oxygen atoms in total. The molecule has 0 saturated heterocycles. The third-order valence-corrected chi connectivity index (χ3v) is 6.50. The van der Waals surface area contributed by atoms with Gasteiger partial charge in [0.25, 0.3) is 0 Å². The van der Waals surface area contributed by atoms with Crippen LogP contribution < -0.4 is 10.6 Å². The molecule has 9 heteroatoms. The molecule has 1 heterocycles. The molecule has 0 unspecified atom stereocenters. The van der Waals surface area contributed by atoms with E-state index in [1.165, 1.54) is 23.3 Å². The number of aliphatic imine (C=N–C) groups is 1. The summed E-state index contributed by atoms with van der Waals surface area (Å²) in [4.78, 5) is 5.80. The maximum absolute atomic E-state index is 12.4. The van der Waals surface area contributed by atoms with Crippen LogP contribution in [0.2, 0.25) is 0 Å². The van der Waals surface area contributed by atoms with Gasteiger partial charge in [-0.1, -0.05) is 24.3 Å². The van der Waals surface area contributed by atoms with Gasteiger partial charge < -0.3 is 10.6 Å². The highest BCUT2D eigenvalue weighted by Gasteiger charge is 2.20. The van der Waals surface area contributed by atoms with Crippen molar-refractivity contribution in [2.45, 2.75) is 17.9 Å². The van der Waals surface area contributed by atoms with Gasteiger partial charge in [-0.2, -0.15) is 0 Å². The SMILES string of the molecule is CN=C(NCCc1cccs1)NCc1ccccc1S(=O)(=O)N(C)C.I. The first kappa shape index (κ1) is 22.9. The van der Waals surface area contributed by atoms with Crippen molar-refractivity contribution in [1.29, 1.82) is 0 Å². The van der Waals surface area contributed by atoms with Crippen molar-refractivity contribution < 1.29 is 8.42 Å². The molecule has 144 valence electrons. The van der Waals surface area contributed by atoms with Crippen LogP contribution in [0.25, 0.3) is 0 Å². The predicted molar refractivity (Wildman–Crippen MR) is 119 cm³/mol. The molecule has 0 aliphatic rings. The molecular weight excluding hydrogens is 483 g/mol. The van der Waals surface area contributed by atoms with E-state index in [-0.39, 0.29) is 24.0 Å². The number of hydrogen-bond donors (Lipinski definition) is 2. The quantitative estimate of drug-likeness (QED) is 0.343. The van der Waals surface area contributed by atoms with Gasteiger partial charge in [0.1, 0.15) is 0 Å². The van der Waals surface area contributed by atoms with Crippen LogP contribution in [-0.4, -0.2) is 46.4 Å². The normalized spacial score (nSPS) is 11.9. The second-order valence-electron chi connectivity index (χ2n) is 5.58. The van der Waals surface area contributed by atoms with E-state index < -0.39 is 10.0 Å². The summed E-state index contributed by atoms with van der Waals surface area (Å²) in [6.45, 7) is 1.14. The van der Waals surface area contributed by atoms with Crippen molar-refractivity contribution in [1.82, 2.24) is 14.9 Å². The Morgan fingerprint density at radius 3 is 2.50 bits per heavy atom. The van der Waals surface area contributed by atoms with Crippen LogP contribution in [0, 0.1) is 0 Å². The Morgan fingerprint density at radius 2 is 1.88 bits per heavy atom. The highest BCUT2D eigenvalue weighted by Crippen LogP contribution is 2.18. The lowest BCUT2D eigenvalue weighted by Gasteiger charge is -2.16. The lowest BCUT2D eigenvalue weighted by atomic mass is 10.2. The minimum atomic E-state index is -3.47. The number of thiophene rings is 1. The highest BCUT2D eigenvalue weighted by molar-refractivity contribution is 14.0. The molecule has 2 rings (SSSR count). The summed E-state index contributed by atoms with van der Waals surface area (Å²) >= 11 is 1.73. The fraction of sp³-hybridized carbons (Fsp3) is 0.353. The second kappa shape index (κ2) is 10.9. The molecule has 0 saturated carbocycles. The van der Waals surface area contributed by atoms with Gasteiger partial charge in [0.2, 0.25) is 10.0 Å². The van der Waals surface area contributed by atoms with Gasteiger partial charge in [-0.05, 0) is 29.5 Å². The number of guanidine groups is 1. The van der Waals surface area contributed by atoms with Crippen LogP contribution in [0.15, 0.2) is 51.7 Å². The van der Waals surface area contributed by atoms with E-state index in [2.05, 4.69) is 27.1 Å². The monoisotopic (exact) mass is 508 g/mol. The van der Waals surface area contributed by atoms with Gasteiger partial charge in [0.15, 0.2) is 5.96 Å². The average Bonchev–Trinajstić information content (AvgIpc) is 3.11. The zero-order valence-corrected chi connectivity index (χ0v) is 19.1. The van der Waals surface area contributed by atoms with Crippen molar-refractivity contribution in [2.24, 2.45) is 4.99 Å². The van der Waals surface area contributed by atoms with Gasteiger partial charge in [0.05, 0.1) is 4.90 Å². The molecule has 0 aliphatic heterocycles. The maximum atomic E-state index is 12.4. The van der Waals surface area contributed by atoms with Crippen LogP contribution in [0.5, 0.6) is 0 Å². The Hall–Kier alpha value is -1.17. The number of benzene rings is 1. The smallest absolute Gasteiger partial charge is 0.242 e. The Balaban J connectivity index is 0.00000338. The minimum Gasteiger partial charge on any atom is -0.356 e. The molecule has 0 bridgehead atoms. The molecule has 2 N–H and O–H groups in total. The summed E-state index contributed by atoms with van der Waals surface area (Å²) in [6.07, 6.45) is 0.921. The molecule has 0 radical (unpaired) electrons. The summed E-state index contributed by atoms with van der Waals surface area (Å²) in [5.41, 5.74) is 0.706. The van der Waals surface area contributed by atoms with Crippen LogP contribution in [0.4, 0.5) is 0 Å². The standard InChI is InChI=1S/C17H24N4O2S2.HI/c1-18-17(19-11-10-15-8-6-12-24-15)20-13-14-7-4-5-9-16(14)25(22,23)21(2)3;/h4-9,12H,10-11,13H2,1-3H3,(H2,18,19,20);1H. The van der Waals surface area contributed by atoms with Crippen molar-refractivity contribution in [2.75, 3.05) is 27.7 Å². The average molecular weight is 508 g/mol. The third-order valence-electron chi connectivity index (χ3n) is 3.65. The topological polar surface area (TPSA) is 73.8 Å². The molecule has 0 amide bonds. The van der Waals surface area contributed by atoms with Crippen molar-refractivity contribution in [3.05, 3.63) is 52.2 Å². The molecule has 0 spiro atoms. The number of hydrogen-bond acceptors (Lipinski definition) is 4. The number of halogens is 1. The highest BCUT2D eigenvalue weighted by atomic mass is 127. The first-order chi connectivity index (χ1) is 11.9. The largest absolute Gasteiger partial charge is 0.356 e. The molecule has 1 aromatic carbocycles. The molecule has 2 aromatic rings. The second-order valence-corrected chi connectivity index (χ2v) is 8.73. The van der Waals surface area contributed by atoms with Gasteiger partial charge in [-0.15, -0.1) is 35.3 Å². The summed E-state index contributed by atoms with van der Waals surface area (Å²) in [6, 6.07) is 11.1. The zero-order chi connectivity index (χ0) is 18.3. The molecule has 0 atom stereocenters. The predicted octanol–water partition coefficient (Wildman–Crippen LogP) is 2.52. The van der Waals surface area contributed by atoms with Gasteiger partial charge in [-0.25, -0.2) is 12.7 Å². The van der Waals surface area contributed by atoms with Crippen LogP contribution in [0.1, 0.15) is 10.4 Å². The maximum Gasteiger partial charge on any atom is 0.242 e. The molecule has 0 aliphatic carbocycles. The Morgan fingerprint density at radius 1 is 1.15 bits per heavy atom. The number of sulfonamides is 1. The first-order valence-corrected chi connectivity index (χ1v) is 10.2. The molecule has 0 fully saturated rings. The van der Waals surface area contributed by atoms with E-state index in [1.54, 1.807) is 30.5 Å². The Labute approximate surface area is 176 Å². The van der Waals surface area contributed by atoms with Crippen LogP contribution in [0.3, 0.4) is 0 Å². The van der Waals surface area contributed by atoms with Crippen LogP contribution in [-0.2, 0) is 23.0 Å². The lowest BCUT2D eigenvalue weighted by Crippen LogP contribution is -2.38. The van der Waals surface area contributed by atoms with Gasteiger partial charge >= 0.3 is 0 Å². The van der Waals surface area contributed by atoms with Gasteiger partial charge in [0, 0.05) is 39.1 Å². The number of rotatable bonds is 7. The zero-order valence-electron chi connectivity index (χ0n) is 15.1. The number of nitrogens with one attached hydrogen (secondary N) is 2. The summed E-state index contributed by atoms with van der Waals surface area (Å²) in [5.74, 6) is 0.647. The summed E-state index contributed by atoms with van der Waals surface area (Å²) in [7, 11) is 1.29. The first-order valence-electron chi connectivity index (χ1n) is 7.92. The van der Waals surface area contributed by atoms with Gasteiger partial charge in [-0.3, -0.25) is 4.99 Å².